The molecule has 128 valence electrons. The zero-order valence-corrected chi connectivity index (χ0v) is 17.5. The molecule has 0 aliphatic carbocycles. The Bertz CT molecular complexity index is 305. The van der Waals surface area contributed by atoms with E-state index in [0.29, 0.717) is 6.42 Å². The van der Waals surface area contributed by atoms with Crippen molar-refractivity contribution in [2.24, 2.45) is 0 Å². The van der Waals surface area contributed by atoms with Crippen molar-refractivity contribution >= 4 is 10.1 Å². The summed E-state index contributed by atoms with van der Waals surface area (Å²) in [6, 6.07) is 0. The van der Waals surface area contributed by atoms with E-state index in [1.165, 1.54) is 70.6 Å². The van der Waals surface area contributed by atoms with Crippen LogP contribution in [0, 0.1) is 6.92 Å². The van der Waals surface area contributed by atoms with Crippen LogP contribution in [0.2, 0.25) is 0 Å². The fourth-order valence-corrected chi connectivity index (χ4v) is 3.15. The van der Waals surface area contributed by atoms with Gasteiger partial charge in [0.1, 0.15) is 0 Å². The molecule has 0 heterocycles. The summed E-state index contributed by atoms with van der Waals surface area (Å²) in [5.41, 5.74) is 0. The molecule has 1 N–H and O–H groups in total. The van der Waals surface area contributed by atoms with Crippen LogP contribution in [-0.2, 0) is 10.1 Å². The Hall–Kier alpha value is 0.910. The van der Waals surface area contributed by atoms with Gasteiger partial charge in [-0.2, -0.15) is 14.8 Å². The summed E-state index contributed by atoms with van der Waals surface area (Å²) in [6.45, 7) is 3.86. The molecule has 0 aromatic carbocycles. The van der Waals surface area contributed by atoms with Gasteiger partial charge >= 0.3 is 29.6 Å². The van der Waals surface area contributed by atoms with E-state index in [1.807, 2.05) is 0 Å². The number of hydrogen-bond donors (Lipinski definition) is 1. The van der Waals surface area contributed by atoms with Crippen LogP contribution < -0.4 is 29.6 Å². The van der Waals surface area contributed by atoms with Gasteiger partial charge in [0.05, 0.1) is 5.75 Å². The molecule has 0 saturated heterocycles. The summed E-state index contributed by atoms with van der Waals surface area (Å²) in [5, 5.41) is 0. The van der Waals surface area contributed by atoms with Crippen LogP contribution in [0.3, 0.4) is 0 Å². The van der Waals surface area contributed by atoms with Crippen LogP contribution >= 0.6 is 0 Å². The van der Waals surface area contributed by atoms with Gasteiger partial charge in [0, 0.05) is 0 Å². The van der Waals surface area contributed by atoms with E-state index in [2.05, 4.69) is 6.92 Å². The molecule has 0 amide bonds. The van der Waals surface area contributed by atoms with Crippen molar-refractivity contribution in [3.63, 3.8) is 0 Å². The Morgan fingerprint density at radius 1 is 0.591 bits per heavy atom. The van der Waals surface area contributed by atoms with Crippen molar-refractivity contribution in [2.45, 2.75) is 96.3 Å². The first kappa shape index (κ1) is 25.2. The van der Waals surface area contributed by atoms with Gasteiger partial charge in [0.25, 0.3) is 10.1 Å². The molecule has 0 aliphatic rings. The molecule has 3 nitrogen and oxygen atoms in total. The molecular formula is C17H35NaO3S. The molecule has 0 atom stereocenters. The van der Waals surface area contributed by atoms with Gasteiger partial charge < -0.3 is 6.92 Å². The topological polar surface area (TPSA) is 54.4 Å². The van der Waals surface area contributed by atoms with Crippen LogP contribution in [0.5, 0.6) is 0 Å². The third-order valence-corrected chi connectivity index (χ3v) is 4.71. The maximum atomic E-state index is 10.5. The minimum atomic E-state index is -3.75. The molecular weight excluding hydrogens is 307 g/mol. The SMILES string of the molecule is [CH2-]CCCCCCCCCCCCCCCCS(=O)(=O)O.[Na+]. The molecule has 0 rings (SSSR count). The monoisotopic (exact) mass is 342 g/mol. The first-order valence-corrected chi connectivity index (χ1v) is 10.4. The van der Waals surface area contributed by atoms with Gasteiger partial charge in [-0.1, -0.05) is 83.5 Å². The molecule has 0 aromatic rings. The average molecular weight is 343 g/mol. The van der Waals surface area contributed by atoms with E-state index >= 15 is 0 Å². The Kier molecular flexibility index (Phi) is 20.9. The largest absolute Gasteiger partial charge is 1.00 e. The zero-order chi connectivity index (χ0) is 15.8. The molecule has 0 saturated carbocycles. The van der Waals surface area contributed by atoms with E-state index < -0.39 is 10.1 Å². The minimum Gasteiger partial charge on any atom is -0.343 e. The van der Waals surface area contributed by atoms with Crippen molar-refractivity contribution in [3.05, 3.63) is 6.92 Å². The van der Waals surface area contributed by atoms with Gasteiger partial charge in [-0.25, -0.2) is 0 Å². The van der Waals surface area contributed by atoms with Crippen molar-refractivity contribution in [2.75, 3.05) is 5.75 Å². The predicted molar refractivity (Wildman–Crippen MR) is 91.0 cm³/mol. The van der Waals surface area contributed by atoms with Crippen LogP contribution in [0.4, 0.5) is 0 Å². The normalized spacial score (nSPS) is 11.4. The summed E-state index contributed by atoms with van der Waals surface area (Å²) in [4.78, 5) is 0. The van der Waals surface area contributed by atoms with E-state index in [1.54, 1.807) is 0 Å². The van der Waals surface area contributed by atoms with Crippen molar-refractivity contribution < 1.29 is 42.5 Å². The first-order valence-electron chi connectivity index (χ1n) is 8.80. The molecule has 0 spiro atoms. The number of unbranched alkanes of at least 4 members (excludes halogenated alkanes) is 14. The Morgan fingerprint density at radius 3 is 1.14 bits per heavy atom. The Labute approximate surface area is 161 Å². The summed E-state index contributed by atoms with van der Waals surface area (Å²) in [5.74, 6) is -0.0816. The van der Waals surface area contributed by atoms with Crippen LogP contribution in [0.1, 0.15) is 96.3 Å². The quantitative estimate of drug-likeness (QED) is 0.203. The van der Waals surface area contributed by atoms with Crippen molar-refractivity contribution in [1.82, 2.24) is 0 Å². The van der Waals surface area contributed by atoms with Gasteiger partial charge in [-0.15, -0.1) is 0 Å². The average Bonchev–Trinajstić information content (AvgIpc) is 2.42. The minimum absolute atomic E-state index is 0. The molecule has 5 heteroatoms. The fourth-order valence-electron chi connectivity index (χ4n) is 2.58. The maximum absolute atomic E-state index is 10.5. The van der Waals surface area contributed by atoms with Crippen LogP contribution in [0.25, 0.3) is 0 Å². The van der Waals surface area contributed by atoms with Crippen LogP contribution in [0.15, 0.2) is 0 Å². The summed E-state index contributed by atoms with van der Waals surface area (Å²) >= 11 is 0. The molecule has 0 fully saturated rings. The number of hydrogen-bond acceptors (Lipinski definition) is 2. The molecule has 0 radical (unpaired) electrons. The van der Waals surface area contributed by atoms with E-state index in [9.17, 15) is 8.42 Å². The van der Waals surface area contributed by atoms with E-state index in [4.69, 9.17) is 4.55 Å². The van der Waals surface area contributed by atoms with Gasteiger partial charge in [0.15, 0.2) is 0 Å². The van der Waals surface area contributed by atoms with E-state index in [-0.39, 0.29) is 35.3 Å². The van der Waals surface area contributed by atoms with Crippen LogP contribution in [-0.4, -0.2) is 18.7 Å². The fraction of sp³-hybridized carbons (Fsp3) is 0.941. The molecule has 0 aromatic heterocycles. The summed E-state index contributed by atoms with van der Waals surface area (Å²) in [6.07, 6.45) is 18.3. The van der Waals surface area contributed by atoms with Gasteiger partial charge in [0.2, 0.25) is 0 Å². The molecule has 0 bridgehead atoms. The molecule has 22 heavy (non-hydrogen) atoms. The molecule has 0 unspecified atom stereocenters. The Morgan fingerprint density at radius 2 is 0.864 bits per heavy atom. The second-order valence-corrected chi connectivity index (χ2v) is 7.66. The van der Waals surface area contributed by atoms with Crippen molar-refractivity contribution in [3.8, 4) is 0 Å². The zero-order valence-electron chi connectivity index (χ0n) is 14.7. The van der Waals surface area contributed by atoms with Crippen molar-refractivity contribution in [1.29, 1.82) is 0 Å². The third-order valence-electron chi connectivity index (χ3n) is 3.90. The third kappa shape index (κ3) is 23.2. The standard InChI is InChI=1S/C17H35O3S.Na/c1-2-3-4-5-6-7-8-9-10-11-12-13-14-15-16-17-21(18,19)20;/h1-17H2,(H,18,19,20);/q-1;+1. The number of rotatable bonds is 16. The van der Waals surface area contributed by atoms with Gasteiger partial charge in [-0.05, 0) is 6.42 Å². The Balaban J connectivity index is 0. The summed E-state index contributed by atoms with van der Waals surface area (Å²) < 4.78 is 29.6. The summed E-state index contributed by atoms with van der Waals surface area (Å²) in [7, 11) is -3.75. The maximum Gasteiger partial charge on any atom is 1.00 e. The molecule has 0 aliphatic heterocycles. The second kappa shape index (κ2) is 18.3. The van der Waals surface area contributed by atoms with E-state index in [0.717, 1.165) is 19.3 Å². The predicted octanol–water partition coefficient (Wildman–Crippen LogP) is 2.56. The first-order chi connectivity index (χ1) is 10.1. The smallest absolute Gasteiger partial charge is 0.343 e. The van der Waals surface area contributed by atoms with Gasteiger partial charge in [-0.3, -0.25) is 4.55 Å². The second-order valence-electron chi connectivity index (χ2n) is 6.09.